The molecular formula is C23H23N3O6S. The van der Waals surface area contributed by atoms with Crippen molar-refractivity contribution >= 4 is 45.4 Å². The molecular weight excluding hydrogens is 446 g/mol. The van der Waals surface area contributed by atoms with Crippen LogP contribution >= 0.6 is 0 Å². The Morgan fingerprint density at radius 1 is 1.06 bits per heavy atom. The number of aryl methyl sites for hydroxylation is 1. The summed E-state index contributed by atoms with van der Waals surface area (Å²) in [5.74, 6) is -0.269. The third-order valence-corrected chi connectivity index (χ3v) is 6.05. The number of hydrogen-bond acceptors (Lipinski definition) is 7. The maximum absolute atomic E-state index is 12.7. The zero-order chi connectivity index (χ0) is 24.0. The van der Waals surface area contributed by atoms with E-state index in [0.29, 0.717) is 34.8 Å². The standard InChI is InChI=1S/C23H23N3O6S/c1-4-21(27)24-22-15(2)25-32-20(22)14-7-16-5-12-19(13-6-16)33(29,30)26-18-10-8-17(9-11-18)23(28)31-3/h5-14,26H,4H2,1-3H3,(H,24,27). The Kier molecular flexibility index (Phi) is 7.29. The molecule has 0 fully saturated rings. The first-order chi connectivity index (χ1) is 15.7. The Morgan fingerprint density at radius 3 is 2.33 bits per heavy atom. The van der Waals surface area contributed by atoms with Crippen molar-refractivity contribution in [3.63, 3.8) is 0 Å². The lowest BCUT2D eigenvalue weighted by Gasteiger charge is -2.09. The molecule has 0 spiro atoms. The molecule has 172 valence electrons. The monoisotopic (exact) mass is 469 g/mol. The van der Waals surface area contributed by atoms with Crippen LogP contribution in [-0.4, -0.2) is 32.6 Å². The number of hydrogen-bond donors (Lipinski definition) is 2. The molecule has 2 aromatic carbocycles. The molecule has 1 aromatic heterocycles. The molecule has 3 rings (SSSR count). The molecule has 0 aliphatic rings. The number of nitrogens with one attached hydrogen (secondary N) is 2. The molecule has 0 atom stereocenters. The molecule has 3 aromatic rings. The number of carbonyl (C=O) groups excluding carboxylic acids is 2. The highest BCUT2D eigenvalue weighted by atomic mass is 32.2. The molecule has 0 bridgehead atoms. The van der Waals surface area contributed by atoms with E-state index in [2.05, 4.69) is 19.9 Å². The Hall–Kier alpha value is -3.92. The number of ether oxygens (including phenoxy) is 1. The molecule has 2 N–H and O–H groups in total. The summed E-state index contributed by atoms with van der Waals surface area (Å²) >= 11 is 0. The molecule has 0 saturated carbocycles. The second kappa shape index (κ2) is 10.1. The Balaban J connectivity index is 1.72. The molecule has 0 aliphatic heterocycles. The number of aromatic nitrogens is 1. The van der Waals surface area contributed by atoms with Crippen LogP contribution in [0.25, 0.3) is 12.2 Å². The quantitative estimate of drug-likeness (QED) is 0.476. The fraction of sp³-hybridized carbons (Fsp3) is 0.174. The summed E-state index contributed by atoms with van der Waals surface area (Å²) in [5.41, 5.74) is 2.41. The van der Waals surface area contributed by atoms with Crippen LogP contribution in [-0.2, 0) is 19.6 Å². The topological polar surface area (TPSA) is 128 Å². The Bertz CT molecular complexity index is 1280. The van der Waals surface area contributed by atoms with Gasteiger partial charge in [-0.05, 0) is 55.0 Å². The molecule has 1 amide bonds. The first kappa shape index (κ1) is 23.7. The van der Waals surface area contributed by atoms with E-state index >= 15 is 0 Å². The average molecular weight is 470 g/mol. The van der Waals surface area contributed by atoms with Crippen LogP contribution in [0.5, 0.6) is 0 Å². The summed E-state index contributed by atoms with van der Waals surface area (Å²) in [5, 5.41) is 6.62. The van der Waals surface area contributed by atoms with Gasteiger partial charge in [0.15, 0.2) is 5.76 Å². The number of methoxy groups -OCH3 is 1. The number of anilines is 2. The van der Waals surface area contributed by atoms with Gasteiger partial charge in [0.1, 0.15) is 11.4 Å². The third-order valence-electron chi connectivity index (χ3n) is 4.65. The van der Waals surface area contributed by atoms with E-state index in [1.54, 1.807) is 38.1 Å². The van der Waals surface area contributed by atoms with E-state index in [4.69, 9.17) is 4.52 Å². The summed E-state index contributed by atoms with van der Waals surface area (Å²) in [7, 11) is -2.55. The lowest BCUT2D eigenvalue weighted by atomic mass is 10.2. The van der Waals surface area contributed by atoms with E-state index in [1.807, 2.05) is 0 Å². The molecule has 0 unspecified atom stereocenters. The minimum atomic E-state index is -3.82. The van der Waals surface area contributed by atoms with Gasteiger partial charge in [0.25, 0.3) is 10.0 Å². The van der Waals surface area contributed by atoms with E-state index in [1.165, 1.54) is 43.5 Å². The van der Waals surface area contributed by atoms with E-state index in [0.717, 1.165) is 5.56 Å². The molecule has 0 saturated heterocycles. The van der Waals surface area contributed by atoms with Gasteiger partial charge in [-0.1, -0.05) is 30.3 Å². The van der Waals surface area contributed by atoms with Gasteiger partial charge in [-0.2, -0.15) is 0 Å². The highest BCUT2D eigenvalue weighted by molar-refractivity contribution is 7.92. The van der Waals surface area contributed by atoms with Gasteiger partial charge >= 0.3 is 5.97 Å². The summed E-state index contributed by atoms with van der Waals surface area (Å²) in [6.07, 6.45) is 3.69. The van der Waals surface area contributed by atoms with Crippen molar-refractivity contribution in [2.75, 3.05) is 17.1 Å². The summed E-state index contributed by atoms with van der Waals surface area (Å²) < 4.78 is 37.7. The number of rotatable bonds is 8. The minimum absolute atomic E-state index is 0.0723. The second-order valence-electron chi connectivity index (χ2n) is 6.99. The van der Waals surface area contributed by atoms with E-state index in [9.17, 15) is 18.0 Å². The van der Waals surface area contributed by atoms with Gasteiger partial charge in [0, 0.05) is 12.1 Å². The first-order valence-electron chi connectivity index (χ1n) is 9.99. The van der Waals surface area contributed by atoms with Crippen LogP contribution in [0.2, 0.25) is 0 Å². The zero-order valence-electron chi connectivity index (χ0n) is 18.3. The number of sulfonamides is 1. The molecule has 9 nitrogen and oxygen atoms in total. The fourth-order valence-corrected chi connectivity index (χ4v) is 3.88. The number of benzene rings is 2. The summed E-state index contributed by atoms with van der Waals surface area (Å²) in [6.45, 7) is 3.47. The van der Waals surface area contributed by atoms with Crippen molar-refractivity contribution in [1.82, 2.24) is 5.16 Å². The van der Waals surface area contributed by atoms with Crippen molar-refractivity contribution < 1.29 is 27.3 Å². The van der Waals surface area contributed by atoms with Crippen molar-refractivity contribution in [3.05, 3.63) is 71.1 Å². The van der Waals surface area contributed by atoms with Crippen LogP contribution in [0.4, 0.5) is 11.4 Å². The minimum Gasteiger partial charge on any atom is -0.465 e. The Morgan fingerprint density at radius 2 is 1.73 bits per heavy atom. The van der Waals surface area contributed by atoms with Gasteiger partial charge in [-0.3, -0.25) is 9.52 Å². The molecule has 0 radical (unpaired) electrons. The number of nitrogens with zero attached hydrogens (tertiary/aromatic N) is 1. The Labute approximate surface area is 191 Å². The van der Waals surface area contributed by atoms with Gasteiger partial charge < -0.3 is 14.6 Å². The third kappa shape index (κ3) is 5.86. The normalized spacial score (nSPS) is 11.4. The van der Waals surface area contributed by atoms with Crippen LogP contribution in [0.3, 0.4) is 0 Å². The van der Waals surface area contributed by atoms with Crippen LogP contribution in [0.1, 0.15) is 40.7 Å². The van der Waals surface area contributed by atoms with Gasteiger partial charge in [0.2, 0.25) is 5.91 Å². The number of amides is 1. The lowest BCUT2D eigenvalue weighted by molar-refractivity contribution is -0.115. The smallest absolute Gasteiger partial charge is 0.337 e. The highest BCUT2D eigenvalue weighted by Crippen LogP contribution is 2.23. The lowest BCUT2D eigenvalue weighted by Crippen LogP contribution is -2.13. The summed E-state index contributed by atoms with van der Waals surface area (Å²) in [4.78, 5) is 23.3. The van der Waals surface area contributed by atoms with Crippen molar-refractivity contribution in [2.24, 2.45) is 0 Å². The van der Waals surface area contributed by atoms with Gasteiger partial charge in [0.05, 0.1) is 17.6 Å². The fourth-order valence-electron chi connectivity index (χ4n) is 2.82. The predicted octanol–water partition coefficient (Wildman–Crippen LogP) is 4.09. The van der Waals surface area contributed by atoms with Crippen molar-refractivity contribution in [3.8, 4) is 0 Å². The summed E-state index contributed by atoms with van der Waals surface area (Å²) in [6, 6.07) is 12.1. The maximum atomic E-state index is 12.7. The van der Waals surface area contributed by atoms with Crippen molar-refractivity contribution in [2.45, 2.75) is 25.2 Å². The highest BCUT2D eigenvalue weighted by Gasteiger charge is 2.15. The van der Waals surface area contributed by atoms with E-state index < -0.39 is 16.0 Å². The van der Waals surface area contributed by atoms with Crippen LogP contribution in [0.15, 0.2) is 57.9 Å². The average Bonchev–Trinajstić information content (AvgIpc) is 3.16. The largest absolute Gasteiger partial charge is 0.465 e. The van der Waals surface area contributed by atoms with E-state index in [-0.39, 0.29) is 10.8 Å². The predicted molar refractivity (Wildman–Crippen MR) is 124 cm³/mol. The maximum Gasteiger partial charge on any atom is 0.337 e. The van der Waals surface area contributed by atoms with Crippen LogP contribution in [0, 0.1) is 6.92 Å². The van der Waals surface area contributed by atoms with Crippen molar-refractivity contribution in [1.29, 1.82) is 0 Å². The van der Waals surface area contributed by atoms with Crippen LogP contribution < -0.4 is 10.0 Å². The van der Waals surface area contributed by atoms with Gasteiger partial charge in [-0.15, -0.1) is 0 Å². The van der Waals surface area contributed by atoms with Gasteiger partial charge in [-0.25, -0.2) is 13.2 Å². The molecule has 10 heteroatoms. The molecule has 1 heterocycles. The number of esters is 1. The number of carbonyl (C=O) groups is 2. The molecule has 0 aliphatic carbocycles. The second-order valence-corrected chi connectivity index (χ2v) is 8.67. The zero-order valence-corrected chi connectivity index (χ0v) is 19.1. The SMILES string of the molecule is CCC(=O)Nc1c(C)noc1C=Cc1ccc(S(=O)(=O)Nc2ccc(C(=O)OC)cc2)cc1. The first-order valence-corrected chi connectivity index (χ1v) is 11.5. The molecule has 33 heavy (non-hydrogen) atoms.